The molecule has 4 nitrogen and oxygen atoms in total. The molecule has 1 aliphatic rings. The number of anilines is 1. The van der Waals surface area contributed by atoms with Crippen molar-refractivity contribution < 1.29 is 14.6 Å². The van der Waals surface area contributed by atoms with Crippen LogP contribution in [-0.2, 0) is 11.8 Å². The fraction of sp³-hybridized carbons (Fsp3) is 0.156. The van der Waals surface area contributed by atoms with Gasteiger partial charge in [-0.25, -0.2) is 4.79 Å². The van der Waals surface area contributed by atoms with E-state index < -0.39 is 11.4 Å². The summed E-state index contributed by atoms with van der Waals surface area (Å²) in [6, 6.07) is 27.8. The minimum Gasteiger partial charge on any atom is -0.478 e. The first-order chi connectivity index (χ1) is 17.3. The molecule has 0 aliphatic carbocycles. The van der Waals surface area contributed by atoms with Gasteiger partial charge in [0.2, 0.25) is 5.88 Å². The third kappa shape index (κ3) is 4.05. The van der Waals surface area contributed by atoms with E-state index in [2.05, 4.69) is 56.8 Å². The van der Waals surface area contributed by atoms with E-state index >= 15 is 0 Å². The molecule has 1 unspecified atom stereocenters. The van der Waals surface area contributed by atoms with Crippen molar-refractivity contribution in [3.05, 3.63) is 131 Å². The first-order valence-corrected chi connectivity index (χ1v) is 12.0. The van der Waals surface area contributed by atoms with Gasteiger partial charge in [-0.2, -0.15) is 0 Å². The number of hydrogen-bond acceptors (Lipinski definition) is 3. The van der Waals surface area contributed by atoms with Crippen molar-refractivity contribution in [3.8, 4) is 5.75 Å². The number of benzene rings is 4. The Kier molecular flexibility index (Phi) is 5.89. The molecule has 1 aliphatic heterocycles. The van der Waals surface area contributed by atoms with Crippen LogP contribution in [0.5, 0.6) is 5.75 Å². The van der Waals surface area contributed by atoms with E-state index in [9.17, 15) is 9.90 Å². The Morgan fingerprint density at radius 1 is 1.00 bits per heavy atom. The van der Waals surface area contributed by atoms with Gasteiger partial charge in [-0.1, -0.05) is 74.2 Å². The van der Waals surface area contributed by atoms with Gasteiger partial charge in [0.05, 0.1) is 11.3 Å². The smallest absolute Gasteiger partial charge is 0.335 e. The number of nitrogens with zero attached hydrogens (tertiary/aromatic N) is 1. The second-order valence-electron chi connectivity index (χ2n) is 9.63. The molecule has 5 rings (SSSR count). The van der Waals surface area contributed by atoms with Gasteiger partial charge < -0.3 is 14.7 Å². The van der Waals surface area contributed by atoms with Crippen LogP contribution in [-0.4, -0.2) is 18.1 Å². The minimum atomic E-state index is -0.927. The van der Waals surface area contributed by atoms with Gasteiger partial charge in [-0.3, -0.25) is 0 Å². The molecule has 0 saturated heterocycles. The van der Waals surface area contributed by atoms with E-state index in [0.29, 0.717) is 6.42 Å². The summed E-state index contributed by atoms with van der Waals surface area (Å²) in [4.78, 5) is 13.4. The van der Waals surface area contributed by atoms with E-state index in [1.807, 2.05) is 54.4 Å². The molecule has 180 valence electrons. The Morgan fingerprint density at radius 3 is 2.42 bits per heavy atom. The van der Waals surface area contributed by atoms with Crippen LogP contribution in [0.1, 0.15) is 34.0 Å². The van der Waals surface area contributed by atoms with Crippen molar-refractivity contribution in [1.29, 1.82) is 0 Å². The van der Waals surface area contributed by atoms with E-state index in [1.54, 1.807) is 12.1 Å². The van der Waals surface area contributed by atoms with Crippen LogP contribution in [0.4, 0.5) is 5.69 Å². The second kappa shape index (κ2) is 9.04. The van der Waals surface area contributed by atoms with E-state index in [1.165, 1.54) is 21.9 Å². The maximum Gasteiger partial charge on any atom is 0.335 e. The molecule has 0 aromatic heterocycles. The number of carboxylic acid groups (broad SMARTS) is 1. The van der Waals surface area contributed by atoms with Gasteiger partial charge in [0.25, 0.3) is 0 Å². The number of carbonyl (C=O) groups is 1. The summed E-state index contributed by atoms with van der Waals surface area (Å²) in [6.07, 6.45) is 2.69. The molecule has 36 heavy (non-hydrogen) atoms. The lowest BCUT2D eigenvalue weighted by Gasteiger charge is -2.34. The highest BCUT2D eigenvalue weighted by atomic mass is 16.5. The fourth-order valence-corrected chi connectivity index (χ4v) is 5.20. The van der Waals surface area contributed by atoms with Gasteiger partial charge >= 0.3 is 5.97 Å². The number of rotatable bonds is 6. The number of carboxylic acids is 1. The molecule has 1 N–H and O–H groups in total. The van der Waals surface area contributed by atoms with Crippen LogP contribution >= 0.6 is 0 Å². The predicted molar refractivity (Wildman–Crippen MR) is 146 cm³/mol. The summed E-state index contributed by atoms with van der Waals surface area (Å²) in [6.45, 7) is 8.93. The average molecular weight is 476 g/mol. The molecule has 0 bridgehead atoms. The lowest BCUT2D eigenvalue weighted by Crippen LogP contribution is -2.29. The SMILES string of the molecule is C=C(/C=C1\Oc2ccccc2N1C)C(C)(Cc1ccc(C(=O)O)cc1)c1c(C)ccc2ccccc12. The highest BCUT2D eigenvalue weighted by Gasteiger charge is 2.34. The van der Waals surface area contributed by atoms with E-state index in [0.717, 1.165) is 28.5 Å². The molecule has 0 radical (unpaired) electrons. The molecule has 1 heterocycles. The van der Waals surface area contributed by atoms with Crippen molar-refractivity contribution in [2.75, 3.05) is 11.9 Å². The molecule has 0 amide bonds. The van der Waals surface area contributed by atoms with Gasteiger partial charge in [0, 0.05) is 18.5 Å². The standard InChI is InChI=1S/C32H29NO3/c1-21-13-16-24-9-5-6-10-26(24)30(21)32(3,20-23-14-17-25(18-15-23)31(34)35)22(2)19-29-33(4)27-11-7-8-12-28(27)36-29/h5-19H,2,20H2,1,3-4H3,(H,34,35)/b29-19-. The molecule has 4 heteroatoms. The summed E-state index contributed by atoms with van der Waals surface area (Å²) in [7, 11) is 2.00. The number of allylic oxidation sites excluding steroid dienone is 2. The number of aromatic carboxylic acids is 1. The normalized spacial score (nSPS) is 15.4. The monoisotopic (exact) mass is 475 g/mol. The summed E-state index contributed by atoms with van der Waals surface area (Å²) in [5.74, 6) is 0.627. The Hall–Kier alpha value is -4.31. The topological polar surface area (TPSA) is 49.8 Å². The molecule has 1 atom stereocenters. The zero-order chi connectivity index (χ0) is 25.4. The quantitative estimate of drug-likeness (QED) is 0.318. The number of hydrogen-bond donors (Lipinski definition) is 1. The Labute approximate surface area is 211 Å². The zero-order valence-corrected chi connectivity index (χ0v) is 20.8. The van der Waals surface area contributed by atoms with Crippen LogP contribution in [0.3, 0.4) is 0 Å². The van der Waals surface area contributed by atoms with E-state index in [-0.39, 0.29) is 5.56 Å². The summed E-state index contributed by atoms with van der Waals surface area (Å²) in [5, 5.41) is 11.7. The zero-order valence-electron chi connectivity index (χ0n) is 20.8. The maximum atomic E-state index is 11.4. The number of ether oxygens (including phenoxy) is 1. The van der Waals surface area contributed by atoms with Gasteiger partial charge in [0.1, 0.15) is 0 Å². The van der Waals surface area contributed by atoms with Gasteiger partial charge in [0.15, 0.2) is 5.75 Å². The predicted octanol–water partition coefficient (Wildman–Crippen LogP) is 7.27. The van der Waals surface area contributed by atoms with Crippen LogP contribution in [0, 0.1) is 6.92 Å². The van der Waals surface area contributed by atoms with Crippen LogP contribution in [0.2, 0.25) is 0 Å². The van der Waals surface area contributed by atoms with Gasteiger partial charge in [-0.05, 0) is 70.6 Å². The number of para-hydroxylation sites is 2. The lowest BCUT2D eigenvalue weighted by molar-refractivity contribution is 0.0697. The third-order valence-electron chi connectivity index (χ3n) is 7.23. The molecule has 0 saturated carbocycles. The molecule has 4 aromatic carbocycles. The van der Waals surface area contributed by atoms with Crippen molar-refractivity contribution in [2.45, 2.75) is 25.7 Å². The Morgan fingerprint density at radius 2 is 1.69 bits per heavy atom. The van der Waals surface area contributed by atoms with E-state index in [4.69, 9.17) is 4.74 Å². The van der Waals surface area contributed by atoms with Crippen LogP contribution < -0.4 is 9.64 Å². The van der Waals surface area contributed by atoms with Crippen LogP contribution in [0.15, 0.2) is 109 Å². The molecule has 0 spiro atoms. The summed E-state index contributed by atoms with van der Waals surface area (Å²) in [5.41, 5.74) is 5.16. The first kappa shape index (κ1) is 23.4. The Bertz CT molecular complexity index is 1520. The Balaban J connectivity index is 1.63. The molecule has 0 fully saturated rings. The largest absolute Gasteiger partial charge is 0.478 e. The first-order valence-electron chi connectivity index (χ1n) is 12.0. The third-order valence-corrected chi connectivity index (χ3v) is 7.23. The number of fused-ring (bicyclic) bond motifs is 2. The van der Waals surface area contributed by atoms with Crippen LogP contribution in [0.25, 0.3) is 10.8 Å². The van der Waals surface area contributed by atoms with Crippen molar-refractivity contribution in [1.82, 2.24) is 0 Å². The molecule has 4 aromatic rings. The van der Waals surface area contributed by atoms with Crippen molar-refractivity contribution in [3.63, 3.8) is 0 Å². The molecular formula is C32H29NO3. The lowest BCUT2D eigenvalue weighted by atomic mass is 9.69. The highest BCUT2D eigenvalue weighted by molar-refractivity contribution is 5.89. The average Bonchev–Trinajstić information content (AvgIpc) is 3.19. The minimum absolute atomic E-state index is 0.279. The van der Waals surface area contributed by atoms with Crippen molar-refractivity contribution >= 4 is 22.4 Å². The second-order valence-corrected chi connectivity index (χ2v) is 9.63. The summed E-state index contributed by atoms with van der Waals surface area (Å²) < 4.78 is 6.19. The fourth-order valence-electron chi connectivity index (χ4n) is 5.20. The van der Waals surface area contributed by atoms with Crippen molar-refractivity contribution in [2.24, 2.45) is 0 Å². The van der Waals surface area contributed by atoms with Gasteiger partial charge in [-0.15, -0.1) is 0 Å². The maximum absolute atomic E-state index is 11.4. The molecular weight excluding hydrogens is 446 g/mol. The number of aryl methyl sites for hydroxylation is 1. The highest BCUT2D eigenvalue weighted by Crippen LogP contribution is 2.43. The summed E-state index contributed by atoms with van der Waals surface area (Å²) >= 11 is 0.